The van der Waals surface area contributed by atoms with Gasteiger partial charge in [0, 0.05) is 0 Å². The van der Waals surface area contributed by atoms with Crippen molar-refractivity contribution >= 4 is 17.9 Å². The van der Waals surface area contributed by atoms with Crippen LogP contribution in [0.4, 0.5) is 0 Å². The standard InChI is InChI=1S/C4H10N6/c1-3(9-7)2-8-10-4(5)6/h2H,7H2,1H3,(H4,5,6,10)/b8-2+,9-3-. The average Bonchev–Trinajstić information content (AvgIpc) is 1.87. The van der Waals surface area contributed by atoms with Crippen molar-refractivity contribution in [3.63, 3.8) is 0 Å². The fraction of sp³-hybridized carbons (Fsp3) is 0.250. The van der Waals surface area contributed by atoms with Gasteiger partial charge in [-0.25, -0.2) is 5.43 Å². The van der Waals surface area contributed by atoms with Crippen molar-refractivity contribution in [3.8, 4) is 0 Å². The molecule has 0 spiro atoms. The molecule has 10 heavy (non-hydrogen) atoms. The SMILES string of the molecule is CC(/C=N/NC(=N)N)=N/N. The van der Waals surface area contributed by atoms with E-state index in [0.717, 1.165) is 0 Å². The second-order valence-corrected chi connectivity index (χ2v) is 1.55. The number of nitrogens with one attached hydrogen (secondary N) is 2. The van der Waals surface area contributed by atoms with E-state index in [2.05, 4.69) is 15.6 Å². The Labute approximate surface area is 58.5 Å². The Bertz CT molecular complexity index is 169. The first kappa shape index (κ1) is 8.41. The molecular weight excluding hydrogens is 132 g/mol. The van der Waals surface area contributed by atoms with Crippen molar-refractivity contribution in [2.75, 3.05) is 0 Å². The lowest BCUT2D eigenvalue weighted by Crippen LogP contribution is -2.25. The van der Waals surface area contributed by atoms with Gasteiger partial charge in [0.25, 0.3) is 0 Å². The lowest BCUT2D eigenvalue weighted by molar-refractivity contribution is 1.00. The lowest BCUT2D eigenvalue weighted by atomic mass is 10.5. The maximum atomic E-state index is 6.68. The maximum Gasteiger partial charge on any atom is 0.206 e. The smallest absolute Gasteiger partial charge is 0.206 e. The van der Waals surface area contributed by atoms with Crippen LogP contribution in [0.25, 0.3) is 0 Å². The van der Waals surface area contributed by atoms with Gasteiger partial charge in [0.2, 0.25) is 5.96 Å². The number of nitrogens with zero attached hydrogens (tertiary/aromatic N) is 2. The minimum absolute atomic E-state index is 0.221. The normalized spacial score (nSPS) is 11.9. The predicted molar refractivity (Wildman–Crippen MR) is 40.8 cm³/mol. The summed E-state index contributed by atoms with van der Waals surface area (Å²) >= 11 is 0. The van der Waals surface area contributed by atoms with Crippen molar-refractivity contribution in [1.82, 2.24) is 5.43 Å². The number of hydrogen-bond acceptors (Lipinski definition) is 4. The summed E-state index contributed by atoms with van der Waals surface area (Å²) < 4.78 is 0. The van der Waals surface area contributed by atoms with Crippen LogP contribution in [-0.2, 0) is 0 Å². The molecule has 0 radical (unpaired) electrons. The summed E-state index contributed by atoms with van der Waals surface area (Å²) in [7, 11) is 0. The molecule has 0 aromatic heterocycles. The Morgan fingerprint density at radius 2 is 2.30 bits per heavy atom. The van der Waals surface area contributed by atoms with Crippen LogP contribution < -0.4 is 17.0 Å². The van der Waals surface area contributed by atoms with Crippen LogP contribution in [0.5, 0.6) is 0 Å². The first-order valence-corrected chi connectivity index (χ1v) is 2.54. The molecule has 0 unspecified atom stereocenters. The molecule has 0 rings (SSSR count). The van der Waals surface area contributed by atoms with E-state index < -0.39 is 0 Å². The summed E-state index contributed by atoms with van der Waals surface area (Å²) in [5.74, 6) is 4.65. The van der Waals surface area contributed by atoms with E-state index in [4.69, 9.17) is 17.0 Å². The minimum atomic E-state index is -0.221. The summed E-state index contributed by atoms with van der Waals surface area (Å²) in [6.45, 7) is 1.67. The van der Waals surface area contributed by atoms with E-state index in [1.165, 1.54) is 6.21 Å². The molecule has 6 N–H and O–H groups in total. The monoisotopic (exact) mass is 142 g/mol. The molecule has 0 amide bonds. The molecule has 0 aliphatic heterocycles. The highest BCUT2D eigenvalue weighted by molar-refractivity contribution is 6.29. The van der Waals surface area contributed by atoms with Crippen molar-refractivity contribution in [2.24, 2.45) is 21.8 Å². The Morgan fingerprint density at radius 3 is 2.70 bits per heavy atom. The zero-order valence-electron chi connectivity index (χ0n) is 5.63. The third-order valence-corrected chi connectivity index (χ3v) is 0.640. The van der Waals surface area contributed by atoms with Crippen molar-refractivity contribution < 1.29 is 0 Å². The first-order valence-electron chi connectivity index (χ1n) is 2.54. The molecule has 0 heterocycles. The molecule has 0 atom stereocenters. The topological polar surface area (TPSA) is 113 Å². The average molecular weight is 142 g/mol. The van der Waals surface area contributed by atoms with Crippen LogP contribution in [0, 0.1) is 5.41 Å². The molecule has 0 aliphatic rings. The quantitative estimate of drug-likeness (QED) is 0.168. The van der Waals surface area contributed by atoms with Gasteiger partial charge in [0.05, 0.1) is 11.9 Å². The maximum absolute atomic E-state index is 6.68. The molecule has 6 nitrogen and oxygen atoms in total. The molecular formula is C4H10N6. The minimum Gasteiger partial charge on any atom is -0.369 e. The zero-order chi connectivity index (χ0) is 7.98. The molecule has 0 saturated heterocycles. The molecule has 0 aliphatic carbocycles. The Hall–Kier alpha value is -1.59. The summed E-state index contributed by atoms with van der Waals surface area (Å²) in [5, 5.41) is 13.5. The molecule has 0 saturated carbocycles. The number of guanidine groups is 1. The number of rotatable bonds is 2. The van der Waals surface area contributed by atoms with Crippen LogP contribution in [-0.4, -0.2) is 17.9 Å². The van der Waals surface area contributed by atoms with Crippen LogP contribution >= 0.6 is 0 Å². The van der Waals surface area contributed by atoms with Crippen molar-refractivity contribution in [3.05, 3.63) is 0 Å². The largest absolute Gasteiger partial charge is 0.369 e. The van der Waals surface area contributed by atoms with E-state index in [1.807, 2.05) is 0 Å². The number of nitrogens with two attached hydrogens (primary N) is 2. The van der Waals surface area contributed by atoms with Crippen LogP contribution in [0.2, 0.25) is 0 Å². The molecule has 56 valence electrons. The van der Waals surface area contributed by atoms with Crippen LogP contribution in [0.1, 0.15) is 6.92 Å². The molecule has 0 aromatic carbocycles. The van der Waals surface area contributed by atoms with Crippen LogP contribution in [0.15, 0.2) is 10.2 Å². The fourth-order valence-electron chi connectivity index (χ4n) is 0.229. The number of hydrazone groups is 2. The van der Waals surface area contributed by atoms with Crippen molar-refractivity contribution in [2.45, 2.75) is 6.92 Å². The van der Waals surface area contributed by atoms with Gasteiger partial charge in [-0.05, 0) is 6.92 Å². The Kier molecular flexibility index (Phi) is 3.62. The van der Waals surface area contributed by atoms with Gasteiger partial charge in [-0.3, -0.25) is 5.41 Å². The Balaban J connectivity index is 3.67. The highest BCUT2D eigenvalue weighted by Crippen LogP contribution is 1.64. The fourth-order valence-corrected chi connectivity index (χ4v) is 0.229. The van der Waals surface area contributed by atoms with E-state index >= 15 is 0 Å². The number of hydrogen-bond donors (Lipinski definition) is 4. The van der Waals surface area contributed by atoms with Gasteiger partial charge in [-0.2, -0.15) is 10.2 Å². The summed E-state index contributed by atoms with van der Waals surface area (Å²) in [4.78, 5) is 0. The van der Waals surface area contributed by atoms with Gasteiger partial charge >= 0.3 is 0 Å². The predicted octanol–water partition coefficient (Wildman–Crippen LogP) is -1.21. The Morgan fingerprint density at radius 1 is 1.70 bits per heavy atom. The second kappa shape index (κ2) is 4.30. The second-order valence-electron chi connectivity index (χ2n) is 1.55. The van der Waals surface area contributed by atoms with Crippen LogP contribution in [0.3, 0.4) is 0 Å². The third-order valence-electron chi connectivity index (χ3n) is 0.640. The van der Waals surface area contributed by atoms with E-state index in [1.54, 1.807) is 6.92 Å². The summed E-state index contributed by atoms with van der Waals surface area (Å²) in [6, 6.07) is 0. The molecule has 0 aromatic rings. The summed E-state index contributed by atoms with van der Waals surface area (Å²) in [6.07, 6.45) is 1.36. The van der Waals surface area contributed by atoms with E-state index in [-0.39, 0.29) is 5.96 Å². The summed E-state index contributed by atoms with van der Waals surface area (Å²) in [5.41, 5.74) is 7.66. The van der Waals surface area contributed by atoms with E-state index in [9.17, 15) is 0 Å². The highest BCUT2D eigenvalue weighted by Gasteiger charge is 1.81. The van der Waals surface area contributed by atoms with Gasteiger partial charge in [-0.1, -0.05) is 0 Å². The van der Waals surface area contributed by atoms with Gasteiger partial charge in [0.15, 0.2) is 0 Å². The molecule has 0 bridgehead atoms. The molecule has 6 heteroatoms. The van der Waals surface area contributed by atoms with Gasteiger partial charge in [-0.15, -0.1) is 0 Å². The lowest BCUT2D eigenvalue weighted by Gasteiger charge is -1.91. The molecule has 0 fully saturated rings. The van der Waals surface area contributed by atoms with Gasteiger partial charge < -0.3 is 11.6 Å². The third kappa shape index (κ3) is 4.57. The zero-order valence-corrected chi connectivity index (χ0v) is 5.63. The van der Waals surface area contributed by atoms with Gasteiger partial charge in [0.1, 0.15) is 0 Å². The van der Waals surface area contributed by atoms with E-state index in [0.29, 0.717) is 5.71 Å². The highest BCUT2D eigenvalue weighted by atomic mass is 15.3. The first-order chi connectivity index (χ1) is 4.66. The van der Waals surface area contributed by atoms with Crippen molar-refractivity contribution in [1.29, 1.82) is 5.41 Å².